The molecule has 1 aromatic carbocycles. The third-order valence-corrected chi connectivity index (χ3v) is 1.85. The Balaban J connectivity index is 2.53. The third kappa shape index (κ3) is 4.97. The molecular formula is C13H14O4. The zero-order valence-electron chi connectivity index (χ0n) is 9.80. The standard InChI is InChI=1S/C13H14O4/c1-3-16-12(14)7-8-13(15)17-11-6-4-5-10(2)9-11/h4-9H,3H2,1-2H3/b8-7+. The zero-order chi connectivity index (χ0) is 12.7. The summed E-state index contributed by atoms with van der Waals surface area (Å²) in [5, 5.41) is 0. The first-order valence-corrected chi connectivity index (χ1v) is 5.25. The van der Waals surface area contributed by atoms with Crippen molar-refractivity contribution < 1.29 is 19.1 Å². The molecule has 0 spiro atoms. The van der Waals surface area contributed by atoms with Crippen LogP contribution < -0.4 is 4.74 Å². The van der Waals surface area contributed by atoms with Gasteiger partial charge in [0.15, 0.2) is 0 Å². The highest BCUT2D eigenvalue weighted by atomic mass is 16.5. The average Bonchev–Trinajstić information content (AvgIpc) is 2.27. The second kappa shape index (κ2) is 6.48. The minimum atomic E-state index is -0.608. The molecule has 0 atom stereocenters. The van der Waals surface area contributed by atoms with Gasteiger partial charge in [0, 0.05) is 12.2 Å². The van der Waals surface area contributed by atoms with Gasteiger partial charge in [-0.05, 0) is 31.5 Å². The minimum Gasteiger partial charge on any atom is -0.463 e. The molecule has 0 bridgehead atoms. The van der Waals surface area contributed by atoms with Crippen molar-refractivity contribution in [3.05, 3.63) is 42.0 Å². The maximum Gasteiger partial charge on any atom is 0.336 e. The molecule has 0 heterocycles. The first-order chi connectivity index (χ1) is 8.11. The van der Waals surface area contributed by atoms with Gasteiger partial charge in [-0.1, -0.05) is 12.1 Å². The molecule has 0 fully saturated rings. The van der Waals surface area contributed by atoms with Crippen LogP contribution in [0.25, 0.3) is 0 Å². The Hall–Kier alpha value is -2.10. The summed E-state index contributed by atoms with van der Waals surface area (Å²) in [7, 11) is 0. The quantitative estimate of drug-likeness (QED) is 0.454. The lowest BCUT2D eigenvalue weighted by Crippen LogP contribution is -2.06. The van der Waals surface area contributed by atoms with Gasteiger partial charge in [-0.15, -0.1) is 0 Å². The van der Waals surface area contributed by atoms with Crippen LogP contribution in [-0.4, -0.2) is 18.5 Å². The summed E-state index contributed by atoms with van der Waals surface area (Å²) >= 11 is 0. The van der Waals surface area contributed by atoms with Gasteiger partial charge >= 0.3 is 11.9 Å². The first kappa shape index (κ1) is 13.0. The fourth-order valence-corrected chi connectivity index (χ4v) is 1.16. The van der Waals surface area contributed by atoms with Crippen molar-refractivity contribution in [3.63, 3.8) is 0 Å². The van der Waals surface area contributed by atoms with E-state index in [9.17, 15) is 9.59 Å². The lowest BCUT2D eigenvalue weighted by molar-refractivity contribution is -0.138. The van der Waals surface area contributed by atoms with Gasteiger partial charge in [0.2, 0.25) is 0 Å². The van der Waals surface area contributed by atoms with Crippen LogP contribution in [0.1, 0.15) is 12.5 Å². The highest BCUT2D eigenvalue weighted by molar-refractivity contribution is 5.92. The van der Waals surface area contributed by atoms with Gasteiger partial charge in [-0.25, -0.2) is 9.59 Å². The summed E-state index contributed by atoms with van der Waals surface area (Å²) in [5.74, 6) is -0.721. The lowest BCUT2D eigenvalue weighted by Gasteiger charge is -2.01. The summed E-state index contributed by atoms with van der Waals surface area (Å²) in [5.41, 5.74) is 0.990. The molecule has 1 aromatic rings. The third-order valence-electron chi connectivity index (χ3n) is 1.85. The summed E-state index contributed by atoms with van der Waals surface area (Å²) < 4.78 is 9.62. The molecule has 0 unspecified atom stereocenters. The molecule has 4 nitrogen and oxygen atoms in total. The van der Waals surface area contributed by atoms with Gasteiger partial charge in [0.05, 0.1) is 6.61 Å². The Labute approximate surface area is 99.8 Å². The van der Waals surface area contributed by atoms with Gasteiger partial charge in [-0.3, -0.25) is 0 Å². The van der Waals surface area contributed by atoms with E-state index in [2.05, 4.69) is 4.74 Å². The monoisotopic (exact) mass is 234 g/mol. The van der Waals surface area contributed by atoms with Crippen molar-refractivity contribution in [3.8, 4) is 5.75 Å². The van der Waals surface area contributed by atoms with Crippen LogP contribution in [-0.2, 0) is 14.3 Å². The van der Waals surface area contributed by atoms with Crippen LogP contribution >= 0.6 is 0 Å². The Bertz CT molecular complexity index is 435. The first-order valence-electron chi connectivity index (χ1n) is 5.25. The average molecular weight is 234 g/mol. The summed E-state index contributed by atoms with van der Waals surface area (Å²) in [4.78, 5) is 22.3. The van der Waals surface area contributed by atoms with E-state index in [1.165, 1.54) is 0 Å². The van der Waals surface area contributed by atoms with Crippen molar-refractivity contribution in [2.24, 2.45) is 0 Å². The van der Waals surface area contributed by atoms with E-state index >= 15 is 0 Å². The maximum absolute atomic E-state index is 11.3. The zero-order valence-corrected chi connectivity index (χ0v) is 9.80. The molecule has 0 aromatic heterocycles. The minimum absolute atomic E-state index is 0.274. The number of aryl methyl sites for hydroxylation is 1. The molecule has 17 heavy (non-hydrogen) atoms. The number of carbonyl (C=O) groups is 2. The van der Waals surface area contributed by atoms with Crippen molar-refractivity contribution in [2.75, 3.05) is 6.61 Å². The van der Waals surface area contributed by atoms with Crippen LogP contribution in [0.5, 0.6) is 5.75 Å². The van der Waals surface area contributed by atoms with Crippen LogP contribution in [0.4, 0.5) is 0 Å². The fourth-order valence-electron chi connectivity index (χ4n) is 1.16. The van der Waals surface area contributed by atoms with Gasteiger partial charge < -0.3 is 9.47 Å². The van der Waals surface area contributed by atoms with Crippen LogP contribution in [0, 0.1) is 6.92 Å². The predicted molar refractivity (Wildman–Crippen MR) is 62.6 cm³/mol. The molecule has 0 radical (unpaired) electrons. The summed E-state index contributed by atoms with van der Waals surface area (Å²) in [6.07, 6.45) is 2.09. The number of hydrogen-bond donors (Lipinski definition) is 0. The molecule has 0 amide bonds. The van der Waals surface area contributed by atoms with Gasteiger partial charge in [0.25, 0.3) is 0 Å². The predicted octanol–water partition coefficient (Wildman–Crippen LogP) is 2.02. The van der Waals surface area contributed by atoms with Crippen molar-refractivity contribution >= 4 is 11.9 Å². The van der Waals surface area contributed by atoms with Crippen molar-refractivity contribution in [1.29, 1.82) is 0 Å². The van der Waals surface area contributed by atoms with Crippen LogP contribution in [0.2, 0.25) is 0 Å². The number of ether oxygens (including phenoxy) is 2. The largest absolute Gasteiger partial charge is 0.463 e. The maximum atomic E-state index is 11.3. The van der Waals surface area contributed by atoms with E-state index in [0.717, 1.165) is 17.7 Å². The van der Waals surface area contributed by atoms with E-state index < -0.39 is 11.9 Å². The van der Waals surface area contributed by atoms with Crippen molar-refractivity contribution in [2.45, 2.75) is 13.8 Å². The molecule has 0 aliphatic heterocycles. The Morgan fingerprint density at radius 3 is 2.59 bits per heavy atom. The fraction of sp³-hybridized carbons (Fsp3) is 0.231. The number of rotatable bonds is 4. The highest BCUT2D eigenvalue weighted by Gasteiger charge is 2.02. The molecule has 90 valence electrons. The molecular weight excluding hydrogens is 220 g/mol. The topological polar surface area (TPSA) is 52.6 Å². The summed E-state index contributed by atoms with van der Waals surface area (Å²) in [6, 6.07) is 7.08. The molecule has 1 rings (SSSR count). The second-order valence-electron chi connectivity index (χ2n) is 3.32. The molecule has 4 heteroatoms. The number of carbonyl (C=O) groups excluding carboxylic acids is 2. The molecule has 0 N–H and O–H groups in total. The Kier molecular flexibility index (Phi) is 4.94. The number of esters is 2. The SMILES string of the molecule is CCOC(=O)/C=C/C(=O)Oc1cccc(C)c1. The van der Waals surface area contributed by atoms with E-state index in [4.69, 9.17) is 4.74 Å². The van der Waals surface area contributed by atoms with Gasteiger partial charge in [-0.2, -0.15) is 0 Å². The van der Waals surface area contributed by atoms with E-state index in [1.807, 2.05) is 13.0 Å². The smallest absolute Gasteiger partial charge is 0.336 e. The Morgan fingerprint density at radius 2 is 1.94 bits per heavy atom. The van der Waals surface area contributed by atoms with E-state index in [-0.39, 0.29) is 6.61 Å². The van der Waals surface area contributed by atoms with Crippen LogP contribution in [0.15, 0.2) is 36.4 Å². The highest BCUT2D eigenvalue weighted by Crippen LogP contribution is 2.12. The Morgan fingerprint density at radius 1 is 1.24 bits per heavy atom. The van der Waals surface area contributed by atoms with E-state index in [0.29, 0.717) is 5.75 Å². The number of hydrogen-bond acceptors (Lipinski definition) is 4. The molecule has 0 saturated heterocycles. The normalized spacial score (nSPS) is 10.2. The molecule has 0 aliphatic carbocycles. The number of benzene rings is 1. The second-order valence-corrected chi connectivity index (χ2v) is 3.32. The van der Waals surface area contributed by atoms with E-state index in [1.54, 1.807) is 25.1 Å². The molecule has 0 saturated carbocycles. The lowest BCUT2D eigenvalue weighted by atomic mass is 10.2. The van der Waals surface area contributed by atoms with Crippen molar-refractivity contribution in [1.82, 2.24) is 0 Å². The van der Waals surface area contributed by atoms with Crippen LogP contribution in [0.3, 0.4) is 0 Å². The summed E-state index contributed by atoms with van der Waals surface area (Å²) in [6.45, 7) is 3.86. The molecule has 0 aliphatic rings. The van der Waals surface area contributed by atoms with Gasteiger partial charge in [0.1, 0.15) is 5.75 Å².